The predicted octanol–water partition coefficient (Wildman–Crippen LogP) is 3.41. The standard InChI is InChI=1S/C29H30F3N7O5/c1-3-23(41)34-12-21(40)28-14-27(15-28,16-28)10-17-8-20-25(38-4-6-44-7-5-38)36-24(37-39(20)13-17)18-11-33-22(35-26(42)43-2)9-19(18)29(30,31)32/h3,8-9,11,13H,1,4-7,10,12,14-16H2,2H3,(H,34,41)(H,33,35,42)/t27-,28+. The van der Waals surface area contributed by atoms with Crippen molar-refractivity contribution in [2.75, 3.05) is 50.2 Å². The average molecular weight is 614 g/mol. The van der Waals surface area contributed by atoms with Crippen molar-refractivity contribution in [2.45, 2.75) is 31.9 Å². The van der Waals surface area contributed by atoms with Gasteiger partial charge in [0.2, 0.25) is 5.91 Å². The van der Waals surface area contributed by atoms with E-state index in [4.69, 9.17) is 4.74 Å². The number of ether oxygens (including phenoxy) is 2. The first-order chi connectivity index (χ1) is 20.9. The van der Waals surface area contributed by atoms with Crippen LogP contribution in [0.4, 0.5) is 29.6 Å². The van der Waals surface area contributed by atoms with Crippen LogP contribution in [0.3, 0.4) is 0 Å². The number of carbonyl (C=O) groups is 3. The van der Waals surface area contributed by atoms with Crippen LogP contribution in [0.15, 0.2) is 37.2 Å². The SMILES string of the molecule is C=CC(=O)NCC(=O)[C@]12C[C@@](Cc3cc4c(N5CCOCC5)nc(-c5cnc(NC(=O)OC)cc5C(F)(F)F)nn4c3)(C1)C2. The zero-order valence-corrected chi connectivity index (χ0v) is 23.9. The lowest BCUT2D eigenvalue weighted by Crippen LogP contribution is -2.67. The molecule has 3 aromatic rings. The van der Waals surface area contributed by atoms with E-state index in [-0.39, 0.29) is 40.9 Å². The van der Waals surface area contributed by atoms with E-state index in [2.05, 4.69) is 37.0 Å². The van der Waals surface area contributed by atoms with E-state index in [0.717, 1.165) is 50.3 Å². The van der Waals surface area contributed by atoms with Gasteiger partial charge in [0.05, 0.1) is 38.0 Å². The second kappa shape index (κ2) is 10.9. The minimum atomic E-state index is -4.80. The van der Waals surface area contributed by atoms with Crippen LogP contribution in [0.2, 0.25) is 0 Å². The highest BCUT2D eigenvalue weighted by Crippen LogP contribution is 2.74. The molecule has 12 nitrogen and oxygen atoms in total. The number of aromatic nitrogens is 4. The second-order valence-electron chi connectivity index (χ2n) is 11.6. The number of nitrogens with zero attached hydrogens (tertiary/aromatic N) is 5. The van der Waals surface area contributed by atoms with Crippen molar-refractivity contribution in [3.05, 3.63) is 48.3 Å². The molecule has 0 spiro atoms. The van der Waals surface area contributed by atoms with Gasteiger partial charge in [-0.05, 0) is 54.9 Å². The number of Topliss-reactive ketones (excluding diaryl/α,β-unsaturated/α-hetero) is 1. The zero-order chi connectivity index (χ0) is 31.3. The molecule has 4 aliphatic rings. The van der Waals surface area contributed by atoms with Crippen LogP contribution in [-0.4, -0.2) is 77.3 Å². The summed E-state index contributed by atoms with van der Waals surface area (Å²) < 4.78 is 54.2. The molecule has 3 aliphatic carbocycles. The van der Waals surface area contributed by atoms with Gasteiger partial charge in [-0.3, -0.25) is 14.9 Å². The van der Waals surface area contributed by atoms with Gasteiger partial charge in [-0.25, -0.2) is 19.3 Å². The Labute approximate surface area is 249 Å². The molecule has 3 saturated carbocycles. The molecule has 0 unspecified atom stereocenters. The number of nitrogens with one attached hydrogen (secondary N) is 2. The van der Waals surface area contributed by atoms with Crippen molar-refractivity contribution < 1.29 is 37.0 Å². The van der Waals surface area contributed by atoms with Crippen molar-refractivity contribution in [1.82, 2.24) is 24.9 Å². The highest BCUT2D eigenvalue weighted by molar-refractivity contribution is 5.95. The fraction of sp³-hybridized carbons (Fsp3) is 0.448. The van der Waals surface area contributed by atoms with Crippen LogP contribution in [0, 0.1) is 10.8 Å². The number of rotatable bonds is 9. The van der Waals surface area contributed by atoms with Gasteiger partial charge >= 0.3 is 12.3 Å². The van der Waals surface area contributed by atoms with Gasteiger partial charge in [-0.1, -0.05) is 6.58 Å². The number of methoxy groups -OCH3 is 1. The van der Waals surface area contributed by atoms with Gasteiger partial charge in [0, 0.05) is 30.9 Å². The van der Waals surface area contributed by atoms with E-state index in [1.165, 1.54) is 0 Å². The van der Waals surface area contributed by atoms with Gasteiger partial charge in [0.1, 0.15) is 11.3 Å². The van der Waals surface area contributed by atoms with Crippen LogP contribution < -0.4 is 15.5 Å². The lowest BCUT2D eigenvalue weighted by atomic mass is 9.33. The number of ketones is 1. The minimum Gasteiger partial charge on any atom is -0.453 e. The quantitative estimate of drug-likeness (QED) is 0.348. The van der Waals surface area contributed by atoms with Gasteiger partial charge in [0.25, 0.3) is 0 Å². The Balaban J connectivity index is 1.31. The average Bonchev–Trinajstić information content (AvgIpc) is 3.38. The van der Waals surface area contributed by atoms with Crippen LogP contribution in [0.5, 0.6) is 0 Å². The first kappa shape index (κ1) is 29.5. The van der Waals surface area contributed by atoms with Crippen LogP contribution in [0.25, 0.3) is 16.9 Å². The summed E-state index contributed by atoms with van der Waals surface area (Å²) in [6, 6.07) is 2.66. The highest BCUT2D eigenvalue weighted by Gasteiger charge is 2.70. The Morgan fingerprint density at radius 1 is 1.18 bits per heavy atom. The molecule has 2 bridgehead atoms. The Hall–Kier alpha value is -4.53. The third-order valence-corrected chi connectivity index (χ3v) is 8.60. The first-order valence-corrected chi connectivity index (χ1v) is 14.0. The summed E-state index contributed by atoms with van der Waals surface area (Å²) >= 11 is 0. The summed E-state index contributed by atoms with van der Waals surface area (Å²) in [5, 5.41) is 9.19. The maximum Gasteiger partial charge on any atom is 0.417 e. The summed E-state index contributed by atoms with van der Waals surface area (Å²) in [6.07, 6.45) is 0.978. The van der Waals surface area contributed by atoms with E-state index in [1.807, 2.05) is 11.0 Å². The number of amides is 2. The topological polar surface area (TPSA) is 140 Å². The van der Waals surface area contributed by atoms with Crippen molar-refractivity contribution in [3.63, 3.8) is 0 Å². The molecule has 0 radical (unpaired) electrons. The van der Waals surface area contributed by atoms with E-state index in [9.17, 15) is 27.6 Å². The lowest BCUT2D eigenvalue weighted by Gasteiger charge is -2.70. The molecule has 0 aromatic carbocycles. The van der Waals surface area contributed by atoms with E-state index >= 15 is 0 Å². The molecule has 2 amide bonds. The summed E-state index contributed by atoms with van der Waals surface area (Å²) in [7, 11) is 1.09. The number of anilines is 2. The second-order valence-corrected chi connectivity index (χ2v) is 11.6. The number of halogens is 3. The number of hydrogen-bond acceptors (Lipinski definition) is 9. The molecule has 2 N–H and O–H groups in total. The number of morpholine rings is 1. The molecule has 4 heterocycles. The molecule has 3 aromatic heterocycles. The first-order valence-electron chi connectivity index (χ1n) is 14.0. The van der Waals surface area contributed by atoms with Crippen LogP contribution in [0.1, 0.15) is 30.4 Å². The zero-order valence-electron chi connectivity index (χ0n) is 23.9. The predicted molar refractivity (Wildman–Crippen MR) is 151 cm³/mol. The molecule has 1 saturated heterocycles. The van der Waals surface area contributed by atoms with Crippen molar-refractivity contribution in [3.8, 4) is 11.4 Å². The molecule has 0 atom stereocenters. The lowest BCUT2D eigenvalue weighted by molar-refractivity contribution is -0.203. The minimum absolute atomic E-state index is 0.0172. The Morgan fingerprint density at radius 3 is 2.57 bits per heavy atom. The largest absolute Gasteiger partial charge is 0.453 e. The molecule has 1 aliphatic heterocycles. The molecule has 7 rings (SSSR count). The molecule has 232 valence electrons. The summed E-state index contributed by atoms with van der Waals surface area (Å²) in [5.74, 6) is -0.408. The number of hydrogen-bond donors (Lipinski definition) is 2. The van der Waals surface area contributed by atoms with Crippen LogP contribution in [-0.2, 0) is 31.7 Å². The smallest absolute Gasteiger partial charge is 0.417 e. The molecule has 44 heavy (non-hydrogen) atoms. The van der Waals surface area contributed by atoms with Gasteiger partial charge < -0.3 is 19.7 Å². The Kier molecular flexibility index (Phi) is 7.30. The number of pyridine rings is 1. The fourth-order valence-corrected chi connectivity index (χ4v) is 6.69. The number of carbonyl (C=O) groups excluding carboxylic acids is 3. The maximum absolute atomic E-state index is 14.2. The van der Waals surface area contributed by atoms with Gasteiger partial charge in [-0.15, -0.1) is 5.10 Å². The molecular weight excluding hydrogens is 583 g/mol. The fourth-order valence-electron chi connectivity index (χ4n) is 6.69. The highest BCUT2D eigenvalue weighted by atomic mass is 19.4. The normalized spacial score (nSPS) is 22.5. The van der Waals surface area contributed by atoms with Crippen molar-refractivity contribution >= 4 is 34.9 Å². The third kappa shape index (κ3) is 5.36. The Bertz CT molecular complexity index is 1640. The monoisotopic (exact) mass is 613 g/mol. The van der Waals surface area contributed by atoms with E-state index < -0.39 is 23.2 Å². The molecule has 4 fully saturated rings. The van der Waals surface area contributed by atoms with Crippen molar-refractivity contribution in [2.24, 2.45) is 10.8 Å². The van der Waals surface area contributed by atoms with E-state index in [0.29, 0.717) is 44.1 Å². The summed E-state index contributed by atoms with van der Waals surface area (Å²) in [5.41, 5.74) is -0.294. The third-order valence-electron chi connectivity index (χ3n) is 8.60. The van der Waals surface area contributed by atoms with E-state index in [1.54, 1.807) is 10.7 Å². The summed E-state index contributed by atoms with van der Waals surface area (Å²) in [6.45, 7) is 5.24. The van der Waals surface area contributed by atoms with Gasteiger partial charge in [0.15, 0.2) is 17.4 Å². The van der Waals surface area contributed by atoms with Gasteiger partial charge in [-0.2, -0.15) is 13.2 Å². The Morgan fingerprint density at radius 2 is 1.91 bits per heavy atom. The van der Waals surface area contributed by atoms with Crippen molar-refractivity contribution in [1.29, 1.82) is 0 Å². The molecular formula is C29H30F3N7O5. The number of alkyl halides is 3. The summed E-state index contributed by atoms with van der Waals surface area (Å²) in [4.78, 5) is 46.3. The van der Waals surface area contributed by atoms with Crippen LogP contribution >= 0.6 is 0 Å². The maximum atomic E-state index is 14.2. The number of fused-ring (bicyclic) bond motifs is 1. The molecule has 15 heteroatoms.